The Morgan fingerprint density at radius 2 is 2.08 bits per heavy atom. The second kappa shape index (κ2) is 8.93. The molecular weight excluding hydrogens is 324 g/mol. The molecule has 8 heteroatoms. The molecule has 0 aliphatic carbocycles. The van der Waals surface area contributed by atoms with Gasteiger partial charge in [-0.05, 0) is 18.6 Å². The fourth-order valence-corrected chi connectivity index (χ4v) is 2.29. The van der Waals surface area contributed by atoms with E-state index in [1.165, 1.54) is 22.8 Å². The monoisotopic (exact) mass is 346 g/mol. The molecule has 0 saturated heterocycles. The van der Waals surface area contributed by atoms with Crippen LogP contribution in [0.25, 0.3) is 10.9 Å². The Morgan fingerprint density at radius 3 is 2.84 bits per heavy atom. The van der Waals surface area contributed by atoms with E-state index in [1.54, 1.807) is 31.4 Å². The van der Waals surface area contributed by atoms with Crippen LogP contribution in [0.2, 0.25) is 0 Å². The zero-order valence-electron chi connectivity index (χ0n) is 14.4. The van der Waals surface area contributed by atoms with Crippen molar-refractivity contribution in [2.24, 2.45) is 0 Å². The van der Waals surface area contributed by atoms with E-state index in [-0.39, 0.29) is 30.5 Å². The normalized spacial score (nSPS) is 10.6. The van der Waals surface area contributed by atoms with Crippen LogP contribution < -0.4 is 10.9 Å². The van der Waals surface area contributed by atoms with E-state index in [9.17, 15) is 14.4 Å². The number of nitrogens with zero attached hydrogens (tertiary/aromatic N) is 3. The smallest absolute Gasteiger partial charge is 0.261 e. The van der Waals surface area contributed by atoms with Crippen LogP contribution in [0.15, 0.2) is 35.4 Å². The molecule has 0 radical (unpaired) electrons. The number of aromatic nitrogens is 2. The minimum Gasteiger partial charge on any atom is -0.385 e. The molecule has 0 spiro atoms. The van der Waals surface area contributed by atoms with Crippen LogP contribution in [0.4, 0.5) is 0 Å². The molecular formula is C17H22N4O4. The zero-order valence-corrected chi connectivity index (χ0v) is 14.4. The number of rotatable bonds is 8. The topological polar surface area (TPSA) is 93.5 Å². The van der Waals surface area contributed by atoms with E-state index in [4.69, 9.17) is 4.74 Å². The third-order valence-electron chi connectivity index (χ3n) is 3.69. The molecule has 2 aromatic rings. The first-order chi connectivity index (χ1) is 12.0. The lowest BCUT2D eigenvalue weighted by molar-refractivity contribution is -0.135. The lowest BCUT2D eigenvalue weighted by Gasteiger charge is -2.17. The van der Waals surface area contributed by atoms with Gasteiger partial charge in [0.15, 0.2) is 0 Å². The molecule has 0 atom stereocenters. The number of likely N-dealkylation sites (N-methyl/N-ethyl adjacent to an activating group) is 1. The van der Waals surface area contributed by atoms with Crippen LogP contribution in [0.1, 0.15) is 6.42 Å². The number of benzene rings is 1. The second-order valence-electron chi connectivity index (χ2n) is 5.64. The van der Waals surface area contributed by atoms with Crippen LogP contribution in [0.5, 0.6) is 0 Å². The third-order valence-corrected chi connectivity index (χ3v) is 3.69. The van der Waals surface area contributed by atoms with Crippen molar-refractivity contribution in [3.05, 3.63) is 40.9 Å². The predicted molar refractivity (Wildman–Crippen MR) is 93.1 cm³/mol. The highest BCUT2D eigenvalue weighted by Gasteiger charge is 2.14. The lowest BCUT2D eigenvalue weighted by atomic mass is 10.2. The molecule has 1 N–H and O–H groups in total. The fraction of sp³-hybridized carbons (Fsp3) is 0.412. The summed E-state index contributed by atoms with van der Waals surface area (Å²) in [6.45, 7) is 0.821. The van der Waals surface area contributed by atoms with E-state index >= 15 is 0 Å². The highest BCUT2D eigenvalue weighted by molar-refractivity contribution is 5.84. The van der Waals surface area contributed by atoms with Crippen molar-refractivity contribution in [2.45, 2.75) is 13.0 Å². The molecule has 1 aromatic heterocycles. The Bertz CT molecular complexity index is 803. The number of amides is 2. The Labute approximate surface area is 145 Å². The minimum atomic E-state index is -0.341. The van der Waals surface area contributed by atoms with Crippen LogP contribution in [-0.4, -0.2) is 60.1 Å². The first kappa shape index (κ1) is 18.6. The van der Waals surface area contributed by atoms with Crippen molar-refractivity contribution in [2.75, 3.05) is 33.9 Å². The molecule has 0 bridgehead atoms. The number of nitrogens with one attached hydrogen (secondary N) is 1. The third kappa shape index (κ3) is 5.12. The summed E-state index contributed by atoms with van der Waals surface area (Å²) >= 11 is 0. The van der Waals surface area contributed by atoms with Crippen molar-refractivity contribution < 1.29 is 14.3 Å². The minimum absolute atomic E-state index is 0.0679. The van der Waals surface area contributed by atoms with Gasteiger partial charge >= 0.3 is 0 Å². The summed E-state index contributed by atoms with van der Waals surface area (Å²) in [5, 5.41) is 3.16. The van der Waals surface area contributed by atoms with Crippen molar-refractivity contribution >= 4 is 22.7 Å². The molecule has 0 saturated carbocycles. The number of hydrogen-bond donors (Lipinski definition) is 1. The van der Waals surface area contributed by atoms with Crippen molar-refractivity contribution in [1.82, 2.24) is 19.8 Å². The molecule has 0 aliphatic rings. The highest BCUT2D eigenvalue weighted by Crippen LogP contribution is 2.04. The molecule has 25 heavy (non-hydrogen) atoms. The summed E-state index contributed by atoms with van der Waals surface area (Å²) in [5.41, 5.74) is 0.302. The van der Waals surface area contributed by atoms with E-state index in [0.717, 1.165) is 0 Å². The largest absolute Gasteiger partial charge is 0.385 e. The molecule has 0 fully saturated rings. The maximum Gasteiger partial charge on any atom is 0.261 e. The Kier molecular flexibility index (Phi) is 6.64. The number of carbonyl (C=O) groups excluding carboxylic acids is 2. The molecule has 0 aliphatic heterocycles. The molecule has 1 heterocycles. The van der Waals surface area contributed by atoms with Gasteiger partial charge in [0.25, 0.3) is 5.56 Å². The number of hydrogen-bond acceptors (Lipinski definition) is 5. The van der Waals surface area contributed by atoms with Gasteiger partial charge in [-0.15, -0.1) is 0 Å². The maximum atomic E-state index is 12.4. The molecule has 8 nitrogen and oxygen atoms in total. The van der Waals surface area contributed by atoms with Gasteiger partial charge in [0, 0.05) is 27.3 Å². The van der Waals surface area contributed by atoms with Crippen LogP contribution in [0.3, 0.4) is 0 Å². The van der Waals surface area contributed by atoms with E-state index in [2.05, 4.69) is 10.3 Å². The van der Waals surface area contributed by atoms with Gasteiger partial charge in [0.2, 0.25) is 11.8 Å². The maximum absolute atomic E-state index is 12.4. The van der Waals surface area contributed by atoms with Gasteiger partial charge < -0.3 is 15.0 Å². The molecule has 134 valence electrons. The fourth-order valence-electron chi connectivity index (χ4n) is 2.29. The van der Waals surface area contributed by atoms with Crippen LogP contribution >= 0.6 is 0 Å². The number of carbonyl (C=O) groups is 2. The van der Waals surface area contributed by atoms with Crippen LogP contribution in [-0.2, 0) is 20.9 Å². The quantitative estimate of drug-likeness (QED) is 0.680. The van der Waals surface area contributed by atoms with Crippen molar-refractivity contribution in [3.8, 4) is 0 Å². The number of ether oxygens (including phenoxy) is 1. The van der Waals surface area contributed by atoms with E-state index in [0.29, 0.717) is 30.5 Å². The van der Waals surface area contributed by atoms with Gasteiger partial charge in [-0.3, -0.25) is 19.0 Å². The second-order valence-corrected chi connectivity index (χ2v) is 5.64. The first-order valence-electron chi connectivity index (χ1n) is 7.96. The molecule has 2 amide bonds. The summed E-state index contributed by atoms with van der Waals surface area (Å²) in [7, 11) is 3.12. The summed E-state index contributed by atoms with van der Waals surface area (Å²) in [6.07, 6.45) is 2.05. The Balaban J connectivity index is 1.94. The van der Waals surface area contributed by atoms with Crippen molar-refractivity contribution in [1.29, 1.82) is 0 Å². The van der Waals surface area contributed by atoms with Gasteiger partial charge in [-0.25, -0.2) is 4.98 Å². The summed E-state index contributed by atoms with van der Waals surface area (Å²) < 4.78 is 6.14. The van der Waals surface area contributed by atoms with Crippen LogP contribution in [0, 0.1) is 0 Å². The Morgan fingerprint density at radius 1 is 1.32 bits per heavy atom. The summed E-state index contributed by atoms with van der Waals surface area (Å²) in [4.78, 5) is 41.9. The molecule has 2 rings (SSSR count). The van der Waals surface area contributed by atoms with Gasteiger partial charge in [-0.2, -0.15) is 0 Å². The highest BCUT2D eigenvalue weighted by atomic mass is 16.5. The van der Waals surface area contributed by atoms with E-state index in [1.807, 2.05) is 0 Å². The predicted octanol–water partition coefficient (Wildman–Crippen LogP) is 0.00760. The van der Waals surface area contributed by atoms with Gasteiger partial charge in [0.1, 0.15) is 6.54 Å². The molecule has 0 unspecified atom stereocenters. The number of para-hydroxylation sites is 1. The van der Waals surface area contributed by atoms with Crippen molar-refractivity contribution in [3.63, 3.8) is 0 Å². The van der Waals surface area contributed by atoms with E-state index < -0.39 is 0 Å². The number of methoxy groups -OCH3 is 1. The number of fused-ring (bicyclic) bond motifs is 1. The summed E-state index contributed by atoms with van der Waals surface area (Å²) in [5.74, 6) is -0.595. The van der Waals surface area contributed by atoms with Gasteiger partial charge in [-0.1, -0.05) is 12.1 Å². The standard InChI is InChI=1S/C17H22N4O4/c1-20(10-15(22)18-8-5-9-25-2)16(23)11-21-12-19-14-7-4-3-6-13(14)17(21)24/h3-4,6-7,12H,5,8-11H2,1-2H3,(H,18,22). The summed E-state index contributed by atoms with van der Waals surface area (Å²) in [6, 6.07) is 6.95. The Hall–Kier alpha value is -2.74. The average Bonchev–Trinajstić information content (AvgIpc) is 2.61. The zero-order chi connectivity index (χ0) is 18.2. The van der Waals surface area contributed by atoms with Gasteiger partial charge in [0.05, 0.1) is 23.8 Å². The SMILES string of the molecule is COCCCNC(=O)CN(C)C(=O)Cn1cnc2ccccc2c1=O. The first-order valence-corrected chi connectivity index (χ1v) is 7.96. The molecule has 1 aromatic carbocycles. The average molecular weight is 346 g/mol. The lowest BCUT2D eigenvalue weighted by Crippen LogP contribution is -2.41.